The van der Waals surface area contributed by atoms with Crippen LogP contribution >= 0.6 is 0 Å². The van der Waals surface area contributed by atoms with E-state index in [1.54, 1.807) is 21.1 Å². The van der Waals surface area contributed by atoms with Crippen LogP contribution in [0, 0.1) is 27.7 Å². The molecule has 0 radical (unpaired) electrons. The molecule has 0 spiro atoms. The lowest BCUT2D eigenvalue weighted by Gasteiger charge is -2.13. The van der Waals surface area contributed by atoms with Gasteiger partial charge in [-0.2, -0.15) is 0 Å². The molecule has 0 bridgehead atoms. The lowest BCUT2D eigenvalue weighted by atomic mass is 10.1. The van der Waals surface area contributed by atoms with Crippen LogP contribution in [0.25, 0.3) is 0 Å². The van der Waals surface area contributed by atoms with Crippen molar-refractivity contribution in [3.63, 3.8) is 0 Å². The zero-order valence-electron chi connectivity index (χ0n) is 28.8. The zero-order chi connectivity index (χ0) is 32.8. The smallest absolute Gasteiger partial charge is 0.151 e. The predicted molar refractivity (Wildman–Crippen MR) is 175 cm³/mol. The highest BCUT2D eigenvalue weighted by Crippen LogP contribution is 2.29. The van der Waals surface area contributed by atoms with E-state index in [1.165, 1.54) is 6.42 Å². The van der Waals surface area contributed by atoms with E-state index < -0.39 is 6.29 Å². The minimum Gasteiger partial charge on any atom is -0.497 e. The van der Waals surface area contributed by atoms with Crippen LogP contribution in [-0.4, -0.2) is 55.6 Å². The molecule has 0 unspecified atom stereocenters. The van der Waals surface area contributed by atoms with Crippen molar-refractivity contribution in [2.75, 3.05) is 34.0 Å². The van der Waals surface area contributed by atoms with Gasteiger partial charge in [-0.25, -0.2) is 0 Å². The number of hydrogen-bond donors (Lipinski definition) is 3. The Kier molecular flexibility index (Phi) is 35.6. The van der Waals surface area contributed by atoms with Crippen LogP contribution in [0.1, 0.15) is 103 Å². The normalized spacial score (nSPS) is 9.02. The van der Waals surface area contributed by atoms with Gasteiger partial charge >= 0.3 is 0 Å². The van der Waals surface area contributed by atoms with E-state index in [2.05, 4.69) is 20.8 Å². The minimum absolute atomic E-state index is 0.161. The standard InChI is InChI=1S/C12H18O3.C12H18O2.C3H8O2.C3H8.2C2H6/c1-9-7-11(14-3)8-10(2)12(9)15-6-4-5-13;1-5-6-14-12-9(2)7-11(13-4)8-10(12)3;1-2-3(4)5;1-3-2;2*1-2/h7-8,13H,4-6H2,1-3H3;7-8H,5-6H2,1-4H3;3-5H,2H2,1H3;3H2,1-2H3;2*1-2H3. The molecule has 0 heterocycles. The van der Waals surface area contributed by atoms with Gasteiger partial charge in [0.05, 0.1) is 27.4 Å². The van der Waals surface area contributed by atoms with Gasteiger partial charge in [0.25, 0.3) is 0 Å². The maximum absolute atomic E-state index is 8.67. The zero-order valence-corrected chi connectivity index (χ0v) is 28.8. The van der Waals surface area contributed by atoms with E-state index in [0.29, 0.717) is 19.4 Å². The lowest BCUT2D eigenvalue weighted by molar-refractivity contribution is -0.0413. The molecule has 242 valence electrons. The Bertz CT molecular complexity index is 790. The summed E-state index contributed by atoms with van der Waals surface area (Å²) >= 11 is 0. The Hall–Kier alpha value is -2.48. The van der Waals surface area contributed by atoms with E-state index in [-0.39, 0.29) is 6.61 Å². The second-order valence-corrected chi connectivity index (χ2v) is 8.55. The molecule has 0 saturated carbocycles. The van der Waals surface area contributed by atoms with Gasteiger partial charge in [0.1, 0.15) is 23.0 Å². The van der Waals surface area contributed by atoms with Crippen molar-refractivity contribution >= 4 is 0 Å². The molecule has 3 N–H and O–H groups in total. The first-order valence-corrected chi connectivity index (χ1v) is 15.1. The van der Waals surface area contributed by atoms with E-state index >= 15 is 0 Å². The lowest BCUT2D eigenvalue weighted by Crippen LogP contribution is -2.02. The van der Waals surface area contributed by atoms with Crippen LogP contribution in [0.3, 0.4) is 0 Å². The highest BCUT2D eigenvalue weighted by molar-refractivity contribution is 5.46. The molecule has 0 aliphatic carbocycles. The first kappa shape index (κ1) is 45.5. The molecule has 41 heavy (non-hydrogen) atoms. The Balaban J connectivity index is -0.000000242. The topological polar surface area (TPSA) is 97.6 Å². The average Bonchev–Trinajstić information content (AvgIpc) is 2.97. The second-order valence-electron chi connectivity index (χ2n) is 8.55. The number of hydrogen-bond acceptors (Lipinski definition) is 7. The monoisotopic (exact) mass is 584 g/mol. The maximum Gasteiger partial charge on any atom is 0.151 e. The number of benzene rings is 2. The minimum atomic E-state index is -1.12. The summed E-state index contributed by atoms with van der Waals surface area (Å²) in [5, 5.41) is 24.5. The van der Waals surface area contributed by atoms with Gasteiger partial charge in [0.2, 0.25) is 0 Å². The van der Waals surface area contributed by atoms with Crippen molar-refractivity contribution in [2.45, 2.75) is 115 Å². The summed E-state index contributed by atoms with van der Waals surface area (Å²) in [5.41, 5.74) is 4.39. The molecule has 7 heteroatoms. The fraction of sp³-hybridized carbons (Fsp3) is 0.647. The van der Waals surface area contributed by atoms with Crippen molar-refractivity contribution in [2.24, 2.45) is 0 Å². The van der Waals surface area contributed by atoms with Crippen LogP contribution in [0.2, 0.25) is 0 Å². The molecule has 7 nitrogen and oxygen atoms in total. The fourth-order valence-electron chi connectivity index (χ4n) is 2.96. The average molecular weight is 585 g/mol. The molecule has 0 aliphatic rings. The van der Waals surface area contributed by atoms with Crippen LogP contribution in [-0.2, 0) is 0 Å². The largest absolute Gasteiger partial charge is 0.497 e. The van der Waals surface area contributed by atoms with Crippen molar-refractivity contribution in [3.8, 4) is 23.0 Å². The van der Waals surface area contributed by atoms with Crippen molar-refractivity contribution in [3.05, 3.63) is 46.5 Å². The summed E-state index contributed by atoms with van der Waals surface area (Å²) in [7, 11) is 3.33. The first-order chi connectivity index (χ1) is 19.6. The highest BCUT2D eigenvalue weighted by atomic mass is 16.5. The number of ether oxygens (including phenoxy) is 4. The van der Waals surface area contributed by atoms with E-state index in [9.17, 15) is 0 Å². The SMILES string of the molecule is CC.CC.CCC.CCC(O)O.CCCOc1c(C)cc(OC)cc1C.COc1cc(C)c(OCCCO)c(C)c1. The Morgan fingerprint density at radius 3 is 1.15 bits per heavy atom. The summed E-state index contributed by atoms with van der Waals surface area (Å²) in [6.45, 7) is 25.6. The van der Waals surface area contributed by atoms with Crippen LogP contribution in [0.5, 0.6) is 23.0 Å². The fourth-order valence-corrected chi connectivity index (χ4v) is 2.96. The highest BCUT2D eigenvalue weighted by Gasteiger charge is 2.07. The van der Waals surface area contributed by atoms with Crippen molar-refractivity contribution in [1.29, 1.82) is 0 Å². The molecule has 0 aromatic heterocycles. The summed E-state index contributed by atoms with van der Waals surface area (Å²) < 4.78 is 21.6. The van der Waals surface area contributed by atoms with Gasteiger partial charge in [-0.15, -0.1) is 0 Å². The third-order valence-electron chi connectivity index (χ3n) is 4.70. The van der Waals surface area contributed by atoms with Crippen LogP contribution in [0.4, 0.5) is 0 Å². The predicted octanol–water partition coefficient (Wildman–Crippen LogP) is 8.35. The molecule has 2 aromatic carbocycles. The Morgan fingerprint density at radius 1 is 0.634 bits per heavy atom. The van der Waals surface area contributed by atoms with Gasteiger partial charge < -0.3 is 34.3 Å². The van der Waals surface area contributed by atoms with Gasteiger partial charge in [0, 0.05) is 13.0 Å². The molecular formula is C34H64O7. The van der Waals surface area contributed by atoms with E-state index in [4.69, 9.17) is 34.3 Å². The molecular weight excluding hydrogens is 520 g/mol. The second kappa shape index (κ2) is 32.0. The summed E-state index contributed by atoms with van der Waals surface area (Å²) in [6.07, 6.45) is 2.24. The molecule has 2 rings (SSSR count). The third kappa shape index (κ3) is 23.9. The first-order valence-electron chi connectivity index (χ1n) is 15.1. The number of methoxy groups -OCH3 is 2. The number of rotatable bonds is 10. The molecule has 0 saturated heterocycles. The van der Waals surface area contributed by atoms with Crippen LogP contribution < -0.4 is 18.9 Å². The Morgan fingerprint density at radius 2 is 0.927 bits per heavy atom. The molecule has 0 fully saturated rings. The number of aryl methyl sites for hydroxylation is 4. The van der Waals surface area contributed by atoms with Crippen LogP contribution in [0.15, 0.2) is 24.3 Å². The molecule has 0 aliphatic heterocycles. The third-order valence-corrected chi connectivity index (χ3v) is 4.70. The van der Waals surface area contributed by atoms with Crippen molar-refractivity contribution in [1.82, 2.24) is 0 Å². The summed E-state index contributed by atoms with van der Waals surface area (Å²) in [4.78, 5) is 0. The summed E-state index contributed by atoms with van der Waals surface area (Å²) in [5.74, 6) is 3.63. The molecule has 0 atom stereocenters. The number of aliphatic hydroxyl groups is 3. The van der Waals surface area contributed by atoms with Gasteiger partial charge in [-0.05, 0) is 87.1 Å². The maximum atomic E-state index is 8.67. The van der Waals surface area contributed by atoms with Gasteiger partial charge in [-0.3, -0.25) is 0 Å². The summed E-state index contributed by atoms with van der Waals surface area (Å²) in [6, 6.07) is 7.89. The van der Waals surface area contributed by atoms with E-state index in [1.807, 2.05) is 79.7 Å². The molecule has 0 amide bonds. The quantitative estimate of drug-likeness (QED) is 0.191. The van der Waals surface area contributed by atoms with Gasteiger partial charge in [0.15, 0.2) is 6.29 Å². The molecule has 2 aromatic rings. The Labute approximate surface area is 252 Å². The van der Waals surface area contributed by atoms with Crippen molar-refractivity contribution < 1.29 is 34.3 Å². The number of aliphatic hydroxyl groups excluding tert-OH is 2. The van der Waals surface area contributed by atoms with E-state index in [0.717, 1.165) is 58.3 Å². The van der Waals surface area contributed by atoms with Gasteiger partial charge in [-0.1, -0.05) is 61.8 Å².